The number of H-pyrrole nitrogens is 1. The van der Waals surface area contributed by atoms with Crippen LogP contribution in [0.5, 0.6) is 0 Å². The van der Waals surface area contributed by atoms with Gasteiger partial charge in [0.15, 0.2) is 6.29 Å². The Balaban J connectivity index is 1.50. The van der Waals surface area contributed by atoms with E-state index < -0.39 is 18.0 Å². The maximum absolute atomic E-state index is 13.2. The number of allylic oxidation sites excluding steroid dienone is 1. The van der Waals surface area contributed by atoms with E-state index in [4.69, 9.17) is 0 Å². The molecule has 2 aliphatic heterocycles. The molecule has 4 heterocycles. The smallest absolute Gasteiger partial charge is 0.350 e. The SMILES string of the molecule is CC(=O)N1CCC(CNC2N=CC(C#N)=C(c3c[nH]c4ncc(C(F)(F)F)cc34)N2)CC1. The number of carbonyl (C=O) groups excluding carboxylic acids is 1. The highest BCUT2D eigenvalue weighted by Crippen LogP contribution is 2.33. The van der Waals surface area contributed by atoms with Gasteiger partial charge in [0.2, 0.25) is 5.91 Å². The van der Waals surface area contributed by atoms with Crippen molar-refractivity contribution in [3.05, 3.63) is 35.2 Å². The zero-order chi connectivity index (χ0) is 22.9. The van der Waals surface area contributed by atoms with Crippen molar-refractivity contribution in [1.29, 1.82) is 5.26 Å². The number of aromatic amines is 1. The third-order valence-electron chi connectivity index (χ3n) is 5.81. The first-order valence-corrected chi connectivity index (χ1v) is 10.2. The standard InChI is InChI=1S/C21H22F3N7O/c1-12(32)31-4-2-13(3-5-31)8-28-20-29-9-14(7-25)18(30-20)17-11-27-19-16(17)6-15(10-26-19)21(22,23)24/h6,9-11,13,20,28,30H,2-5,8H2,1H3,(H,26,27). The second-order valence-electron chi connectivity index (χ2n) is 7.90. The first-order chi connectivity index (χ1) is 15.3. The van der Waals surface area contributed by atoms with Gasteiger partial charge in [-0.15, -0.1) is 0 Å². The molecule has 3 N–H and O–H groups in total. The third-order valence-corrected chi connectivity index (χ3v) is 5.81. The second kappa shape index (κ2) is 8.63. The van der Waals surface area contributed by atoms with Gasteiger partial charge in [-0.05, 0) is 24.8 Å². The number of hydrogen-bond donors (Lipinski definition) is 3. The Morgan fingerprint density at radius 1 is 1.38 bits per heavy atom. The van der Waals surface area contributed by atoms with Crippen LogP contribution in [0.4, 0.5) is 13.2 Å². The number of halogens is 3. The van der Waals surface area contributed by atoms with E-state index in [1.807, 2.05) is 11.0 Å². The van der Waals surface area contributed by atoms with E-state index in [-0.39, 0.29) is 16.9 Å². The maximum atomic E-state index is 13.2. The molecule has 0 radical (unpaired) electrons. The van der Waals surface area contributed by atoms with Crippen molar-refractivity contribution in [2.45, 2.75) is 32.2 Å². The number of likely N-dealkylation sites (tertiary alicyclic amines) is 1. The number of pyridine rings is 1. The van der Waals surface area contributed by atoms with Crippen LogP contribution in [0, 0.1) is 17.2 Å². The number of rotatable bonds is 4. The van der Waals surface area contributed by atoms with Gasteiger partial charge in [0.25, 0.3) is 0 Å². The summed E-state index contributed by atoms with van der Waals surface area (Å²) in [6, 6.07) is 3.06. The molecule has 8 nitrogen and oxygen atoms in total. The minimum Gasteiger partial charge on any atom is -0.350 e. The van der Waals surface area contributed by atoms with Crippen molar-refractivity contribution in [1.82, 2.24) is 25.5 Å². The summed E-state index contributed by atoms with van der Waals surface area (Å²) in [5.41, 5.74) is 0.461. The lowest BCUT2D eigenvalue weighted by Gasteiger charge is -2.32. The molecule has 1 unspecified atom stereocenters. The highest BCUT2D eigenvalue weighted by molar-refractivity contribution is 6.01. The molecule has 0 bridgehead atoms. The average molecular weight is 445 g/mol. The lowest BCUT2D eigenvalue weighted by Crippen LogP contribution is -2.46. The molecule has 4 rings (SSSR count). The fourth-order valence-corrected chi connectivity index (χ4v) is 3.97. The molecule has 168 valence electrons. The van der Waals surface area contributed by atoms with Crippen molar-refractivity contribution in [2.24, 2.45) is 10.9 Å². The molecular formula is C21H22F3N7O. The van der Waals surface area contributed by atoms with Crippen LogP contribution in [0.1, 0.15) is 30.9 Å². The van der Waals surface area contributed by atoms with Gasteiger partial charge in [-0.3, -0.25) is 15.1 Å². The quantitative estimate of drug-likeness (QED) is 0.670. The van der Waals surface area contributed by atoms with E-state index in [0.29, 0.717) is 29.4 Å². The minimum atomic E-state index is -4.52. The van der Waals surface area contributed by atoms with Gasteiger partial charge < -0.3 is 15.2 Å². The van der Waals surface area contributed by atoms with Crippen LogP contribution >= 0.6 is 0 Å². The molecule has 1 amide bonds. The molecule has 0 spiro atoms. The fourth-order valence-electron chi connectivity index (χ4n) is 3.97. The van der Waals surface area contributed by atoms with Crippen molar-refractivity contribution in [2.75, 3.05) is 19.6 Å². The summed E-state index contributed by atoms with van der Waals surface area (Å²) < 4.78 is 39.5. The van der Waals surface area contributed by atoms with Gasteiger partial charge >= 0.3 is 6.18 Å². The highest BCUT2D eigenvalue weighted by Gasteiger charge is 2.32. The first-order valence-electron chi connectivity index (χ1n) is 10.2. The van der Waals surface area contributed by atoms with Crippen LogP contribution in [0.3, 0.4) is 0 Å². The van der Waals surface area contributed by atoms with Crippen molar-refractivity contribution in [3.8, 4) is 6.07 Å². The van der Waals surface area contributed by atoms with Gasteiger partial charge in [0, 0.05) is 56.1 Å². The third kappa shape index (κ3) is 4.45. The number of aliphatic imine (C=N–C) groups is 1. The molecule has 11 heteroatoms. The molecule has 2 aliphatic rings. The van der Waals surface area contributed by atoms with Gasteiger partial charge in [-0.2, -0.15) is 18.4 Å². The molecule has 0 aromatic carbocycles. The summed E-state index contributed by atoms with van der Waals surface area (Å²) in [5, 5.41) is 16.2. The number of carbonyl (C=O) groups is 1. The fraction of sp³-hybridized carbons (Fsp3) is 0.429. The number of nitriles is 1. The van der Waals surface area contributed by atoms with Crippen LogP contribution in [0.15, 0.2) is 29.0 Å². The molecule has 1 saturated heterocycles. The molecule has 2 aromatic rings. The van der Waals surface area contributed by atoms with E-state index in [0.717, 1.165) is 38.2 Å². The van der Waals surface area contributed by atoms with Gasteiger partial charge in [0.05, 0.1) is 16.8 Å². The van der Waals surface area contributed by atoms with Crippen LogP contribution in [0.25, 0.3) is 16.7 Å². The van der Waals surface area contributed by atoms with Crippen LogP contribution in [-0.4, -0.2) is 52.9 Å². The molecule has 1 fully saturated rings. The van der Waals surface area contributed by atoms with Crippen molar-refractivity contribution < 1.29 is 18.0 Å². The zero-order valence-corrected chi connectivity index (χ0v) is 17.3. The lowest BCUT2D eigenvalue weighted by molar-refractivity contribution is -0.137. The first kappa shape index (κ1) is 21.8. The van der Waals surface area contributed by atoms with E-state index in [1.54, 1.807) is 6.92 Å². The Morgan fingerprint density at radius 3 is 2.78 bits per heavy atom. The van der Waals surface area contributed by atoms with Crippen LogP contribution in [-0.2, 0) is 11.0 Å². The lowest BCUT2D eigenvalue weighted by atomic mass is 9.97. The molecule has 2 aromatic heterocycles. The Kier molecular flexibility index (Phi) is 5.88. The van der Waals surface area contributed by atoms with Crippen LogP contribution in [0.2, 0.25) is 0 Å². The molecule has 32 heavy (non-hydrogen) atoms. The number of fused-ring (bicyclic) bond motifs is 1. The largest absolute Gasteiger partial charge is 0.417 e. The number of amides is 1. The predicted octanol–water partition coefficient (Wildman–Crippen LogP) is 2.62. The van der Waals surface area contributed by atoms with Gasteiger partial charge in [0.1, 0.15) is 11.7 Å². The van der Waals surface area contributed by atoms with Crippen LogP contribution < -0.4 is 10.6 Å². The Labute approximate surface area is 182 Å². The van der Waals surface area contributed by atoms with E-state index in [2.05, 4.69) is 25.6 Å². The second-order valence-corrected chi connectivity index (χ2v) is 7.90. The summed E-state index contributed by atoms with van der Waals surface area (Å²) in [7, 11) is 0. The monoisotopic (exact) mass is 445 g/mol. The Morgan fingerprint density at radius 2 is 2.12 bits per heavy atom. The van der Waals surface area contributed by atoms with Gasteiger partial charge in [-0.1, -0.05) is 0 Å². The summed E-state index contributed by atoms with van der Waals surface area (Å²) in [5.74, 6) is 0.453. The maximum Gasteiger partial charge on any atom is 0.417 e. The summed E-state index contributed by atoms with van der Waals surface area (Å²) in [6.07, 6.45) is 0.433. The zero-order valence-electron chi connectivity index (χ0n) is 17.3. The number of nitrogens with zero attached hydrogens (tertiary/aromatic N) is 4. The summed E-state index contributed by atoms with van der Waals surface area (Å²) >= 11 is 0. The normalized spacial score (nSPS) is 19.8. The number of piperidine rings is 1. The molecule has 1 atom stereocenters. The molecular weight excluding hydrogens is 423 g/mol. The summed E-state index contributed by atoms with van der Waals surface area (Å²) in [6.45, 7) is 3.66. The predicted molar refractivity (Wildman–Crippen MR) is 112 cm³/mol. The molecule has 0 saturated carbocycles. The number of alkyl halides is 3. The summed E-state index contributed by atoms with van der Waals surface area (Å²) in [4.78, 5) is 24.3. The van der Waals surface area contributed by atoms with Crippen molar-refractivity contribution >= 4 is 28.9 Å². The number of nitrogens with one attached hydrogen (secondary N) is 3. The minimum absolute atomic E-state index is 0.0793. The van der Waals surface area contributed by atoms with Gasteiger partial charge in [-0.25, -0.2) is 4.98 Å². The average Bonchev–Trinajstić information content (AvgIpc) is 3.20. The number of hydrogen-bond acceptors (Lipinski definition) is 6. The Hall–Kier alpha value is -3.39. The van der Waals surface area contributed by atoms with E-state index in [9.17, 15) is 23.2 Å². The number of aromatic nitrogens is 2. The van der Waals surface area contributed by atoms with E-state index >= 15 is 0 Å². The highest BCUT2D eigenvalue weighted by atomic mass is 19.4. The topological polar surface area (TPSA) is 109 Å². The van der Waals surface area contributed by atoms with E-state index in [1.165, 1.54) is 12.4 Å². The molecule has 0 aliphatic carbocycles. The van der Waals surface area contributed by atoms with Crippen molar-refractivity contribution in [3.63, 3.8) is 0 Å². The Bertz CT molecular complexity index is 1120.